The van der Waals surface area contributed by atoms with Crippen molar-refractivity contribution >= 4 is 43.0 Å². The van der Waals surface area contributed by atoms with Crippen molar-refractivity contribution in [3.63, 3.8) is 0 Å². The Labute approximate surface area is 167 Å². The Kier molecular flexibility index (Phi) is 5.41. The second kappa shape index (κ2) is 7.49. The van der Waals surface area contributed by atoms with Crippen molar-refractivity contribution < 1.29 is 16.8 Å². The molecule has 1 aromatic carbocycles. The first-order chi connectivity index (χ1) is 13.0. The molecule has 0 fully saturated rings. The van der Waals surface area contributed by atoms with Gasteiger partial charge < -0.3 is 0 Å². The van der Waals surface area contributed by atoms with Crippen molar-refractivity contribution in [2.75, 3.05) is 9.44 Å². The van der Waals surface area contributed by atoms with Crippen LogP contribution in [-0.4, -0.2) is 26.8 Å². The largest absolute Gasteiger partial charge is 0.279 e. The van der Waals surface area contributed by atoms with Crippen molar-refractivity contribution in [3.8, 4) is 0 Å². The third-order valence-electron chi connectivity index (χ3n) is 3.61. The van der Waals surface area contributed by atoms with Crippen LogP contribution in [-0.2, 0) is 20.0 Å². The Balaban J connectivity index is 1.79. The van der Waals surface area contributed by atoms with E-state index >= 15 is 0 Å². The minimum absolute atomic E-state index is 0.0182. The fourth-order valence-corrected chi connectivity index (χ4v) is 5.70. The maximum atomic E-state index is 12.5. The number of thiophene rings is 1. The molecule has 0 unspecified atom stereocenters. The lowest BCUT2D eigenvalue weighted by Crippen LogP contribution is -2.16. The number of aryl methyl sites for hydroxylation is 3. The van der Waals surface area contributed by atoms with Crippen LogP contribution in [0.4, 0.5) is 11.6 Å². The summed E-state index contributed by atoms with van der Waals surface area (Å²) in [6.45, 7) is 5.29. The first-order valence-corrected chi connectivity index (χ1v) is 11.9. The van der Waals surface area contributed by atoms with Gasteiger partial charge in [0.15, 0.2) is 0 Å². The van der Waals surface area contributed by atoms with Crippen molar-refractivity contribution in [3.05, 3.63) is 58.7 Å². The summed E-state index contributed by atoms with van der Waals surface area (Å²) in [6.07, 6.45) is 0. The van der Waals surface area contributed by atoms with Gasteiger partial charge in [0.2, 0.25) is 5.95 Å². The summed E-state index contributed by atoms with van der Waals surface area (Å²) in [5.74, 6) is -0.0182. The smallest absolute Gasteiger partial charge is 0.271 e. The van der Waals surface area contributed by atoms with Crippen molar-refractivity contribution in [2.45, 2.75) is 29.9 Å². The average molecular weight is 439 g/mol. The van der Waals surface area contributed by atoms with E-state index in [9.17, 15) is 16.8 Å². The molecule has 0 spiro atoms. The normalized spacial score (nSPS) is 12.0. The van der Waals surface area contributed by atoms with Crippen molar-refractivity contribution in [1.82, 2.24) is 9.97 Å². The molecular weight excluding hydrogens is 420 g/mol. The summed E-state index contributed by atoms with van der Waals surface area (Å²) in [5, 5.41) is 0. The van der Waals surface area contributed by atoms with E-state index in [1.165, 1.54) is 30.3 Å². The Bertz CT molecular complexity index is 1200. The molecule has 0 bridgehead atoms. The van der Waals surface area contributed by atoms with E-state index < -0.39 is 20.0 Å². The number of nitrogens with zero attached hydrogens (tertiary/aromatic N) is 2. The fourth-order valence-electron chi connectivity index (χ4n) is 2.41. The molecule has 3 aromatic rings. The number of rotatable bonds is 6. The maximum absolute atomic E-state index is 12.5. The lowest BCUT2D eigenvalue weighted by Gasteiger charge is -2.10. The molecule has 2 heterocycles. The molecule has 0 aliphatic carbocycles. The third kappa shape index (κ3) is 4.66. The molecule has 0 aliphatic heterocycles. The molecule has 0 saturated carbocycles. The van der Waals surface area contributed by atoms with E-state index in [0.29, 0.717) is 11.4 Å². The molecule has 148 valence electrons. The Morgan fingerprint density at radius 1 is 0.786 bits per heavy atom. The number of sulfonamides is 2. The van der Waals surface area contributed by atoms with Gasteiger partial charge in [-0.05, 0) is 63.2 Å². The molecule has 2 N–H and O–H groups in total. The highest BCUT2D eigenvalue weighted by atomic mass is 32.2. The molecule has 8 nitrogen and oxygen atoms in total. The molecule has 0 atom stereocenters. The van der Waals surface area contributed by atoms with Crippen molar-refractivity contribution in [1.29, 1.82) is 0 Å². The SMILES string of the molecule is Cc1cc(C)nc(NS(=O)(=O)c2ccc(NS(=O)(=O)c3ccc(C)s3)cc2)n1. The first kappa shape index (κ1) is 20.2. The standard InChI is InChI=1S/C17H18N4O4S3/c1-11-10-12(2)19-17(18-11)21-27(22,23)15-7-5-14(6-8-15)20-28(24,25)16-9-4-13(3)26-16/h4-10,20H,1-3H3,(H,18,19,21). The molecule has 0 saturated heterocycles. The number of nitrogens with one attached hydrogen (secondary N) is 2. The van der Waals surface area contributed by atoms with Crippen LogP contribution in [0.3, 0.4) is 0 Å². The summed E-state index contributed by atoms with van der Waals surface area (Å²) in [7, 11) is -7.62. The molecule has 0 amide bonds. The van der Waals surface area contributed by atoms with Crippen LogP contribution < -0.4 is 9.44 Å². The van der Waals surface area contributed by atoms with Crippen LogP contribution in [0.15, 0.2) is 51.6 Å². The minimum atomic E-state index is -3.91. The highest BCUT2D eigenvalue weighted by Crippen LogP contribution is 2.24. The Morgan fingerprint density at radius 3 is 1.93 bits per heavy atom. The third-order valence-corrected chi connectivity index (χ3v) is 7.82. The van der Waals surface area contributed by atoms with E-state index in [4.69, 9.17) is 0 Å². The minimum Gasteiger partial charge on any atom is -0.279 e. The summed E-state index contributed by atoms with van der Waals surface area (Å²) in [4.78, 5) is 8.95. The van der Waals surface area contributed by atoms with E-state index in [0.717, 1.165) is 16.2 Å². The van der Waals surface area contributed by atoms with Crippen LogP contribution in [0, 0.1) is 20.8 Å². The molecule has 11 heteroatoms. The van der Waals surface area contributed by atoms with Gasteiger partial charge in [0.25, 0.3) is 20.0 Å². The van der Waals surface area contributed by atoms with Crippen LogP contribution >= 0.6 is 11.3 Å². The zero-order chi connectivity index (χ0) is 20.5. The number of hydrogen-bond acceptors (Lipinski definition) is 7. The van der Waals surface area contributed by atoms with Gasteiger partial charge in [-0.3, -0.25) is 4.72 Å². The quantitative estimate of drug-likeness (QED) is 0.611. The topological polar surface area (TPSA) is 118 Å². The van der Waals surface area contributed by atoms with Crippen molar-refractivity contribution in [2.24, 2.45) is 0 Å². The fraction of sp³-hybridized carbons (Fsp3) is 0.176. The lowest BCUT2D eigenvalue weighted by atomic mass is 10.3. The van der Waals surface area contributed by atoms with Gasteiger partial charge in [-0.15, -0.1) is 11.3 Å². The summed E-state index contributed by atoms with van der Waals surface area (Å²) >= 11 is 1.15. The van der Waals surface area contributed by atoms with E-state index in [-0.39, 0.29) is 20.7 Å². The van der Waals surface area contributed by atoms with Gasteiger partial charge in [-0.1, -0.05) is 0 Å². The van der Waals surface area contributed by atoms with Crippen LogP contribution in [0.5, 0.6) is 0 Å². The van der Waals surface area contributed by atoms with Gasteiger partial charge in [-0.25, -0.2) is 31.5 Å². The molecule has 2 aromatic heterocycles. The van der Waals surface area contributed by atoms with E-state index in [1.807, 2.05) is 6.92 Å². The van der Waals surface area contributed by atoms with Gasteiger partial charge in [0.1, 0.15) is 4.21 Å². The zero-order valence-corrected chi connectivity index (χ0v) is 17.7. The Hall–Kier alpha value is -2.50. The molecular formula is C17H18N4O4S3. The van der Waals surface area contributed by atoms with Gasteiger partial charge in [0.05, 0.1) is 4.90 Å². The van der Waals surface area contributed by atoms with E-state index in [2.05, 4.69) is 19.4 Å². The summed E-state index contributed by atoms with van der Waals surface area (Å²) in [6, 6.07) is 10.4. The zero-order valence-electron chi connectivity index (χ0n) is 15.3. The number of anilines is 2. The van der Waals surface area contributed by atoms with Crippen LogP contribution in [0.25, 0.3) is 0 Å². The molecule has 28 heavy (non-hydrogen) atoms. The first-order valence-electron chi connectivity index (χ1n) is 8.10. The number of aromatic nitrogens is 2. The summed E-state index contributed by atoms with van der Waals surface area (Å²) < 4.78 is 54.7. The summed E-state index contributed by atoms with van der Waals surface area (Å²) in [5.41, 5.74) is 1.53. The van der Waals surface area contributed by atoms with Crippen LogP contribution in [0.1, 0.15) is 16.3 Å². The Morgan fingerprint density at radius 2 is 1.39 bits per heavy atom. The molecule has 0 radical (unpaired) electrons. The van der Waals surface area contributed by atoms with Crippen LogP contribution in [0.2, 0.25) is 0 Å². The second-order valence-electron chi connectivity index (χ2n) is 6.07. The highest BCUT2D eigenvalue weighted by Gasteiger charge is 2.19. The lowest BCUT2D eigenvalue weighted by molar-refractivity contribution is 0.600. The monoisotopic (exact) mass is 438 g/mol. The van der Waals surface area contributed by atoms with E-state index in [1.54, 1.807) is 26.0 Å². The number of benzene rings is 1. The average Bonchev–Trinajstić information content (AvgIpc) is 3.01. The molecule has 3 rings (SSSR count). The molecule has 0 aliphatic rings. The highest BCUT2D eigenvalue weighted by molar-refractivity contribution is 7.94. The predicted octanol–water partition coefficient (Wildman–Crippen LogP) is 3.06. The second-order valence-corrected chi connectivity index (χ2v) is 11.0. The maximum Gasteiger partial charge on any atom is 0.271 e. The van der Waals surface area contributed by atoms with Gasteiger partial charge >= 0.3 is 0 Å². The predicted molar refractivity (Wildman–Crippen MR) is 109 cm³/mol. The van der Waals surface area contributed by atoms with Gasteiger partial charge in [-0.2, -0.15) is 0 Å². The number of hydrogen-bond donors (Lipinski definition) is 2. The van der Waals surface area contributed by atoms with Gasteiger partial charge in [0, 0.05) is 22.0 Å².